The Kier molecular flexibility index (Phi) is 21.8. The number of benzene rings is 2. The molecule has 6 saturated heterocycles. The molecular weight excluding hydrogens is 1130 g/mol. The monoisotopic (exact) mass is 1230 g/mol. The number of nitrogens with zero attached hydrogens (tertiary/aromatic N) is 7. The number of carbonyl (C=O) groups is 2. The Labute approximate surface area is 505 Å². The van der Waals surface area contributed by atoms with Gasteiger partial charge in [-0.2, -0.15) is 0 Å². The van der Waals surface area contributed by atoms with E-state index < -0.39 is 11.2 Å². The van der Waals surface area contributed by atoms with Crippen molar-refractivity contribution in [1.29, 1.82) is 0 Å². The standard InChI is InChI=1S/C26H36NP.C20H29N3O3.C14H19BrN2O3.C6H10ClN/c1-27(2)25-19-11-9-17-23(25)24-18-10-12-20-26(24)28(21-13-5-3-6-14-21)22-15-7-4-8-16-22;1-20(2,3)26-19(24)22-9-8-16(22)13-25-18-10-17(11-21-12-18)23-14-4-5-15(23)7-6-14;1-14(2,3)20-13(18)17-5-4-11(17)9-19-12-6-10(15)7-16-8-12;7-8-5-1-2-6(8)4-3-5/h9-12,17-22H,3-8,13-16H2,1-2H3;10-12,14-16H,4-9,13H2,1-3H3;6-8,11H,4-5,9H2,1-3H3;5-6H,1-4H2/t;14?,15?,16-;11-;/m.00./s1. The van der Waals surface area contributed by atoms with E-state index in [1.165, 1.54) is 138 Å². The second kappa shape index (κ2) is 28.7. The zero-order valence-corrected chi connectivity index (χ0v) is 53.7. The Balaban J connectivity index is 0.000000140. The van der Waals surface area contributed by atoms with Crippen LogP contribution in [0.1, 0.15) is 170 Å². The molecule has 8 fully saturated rings. The van der Waals surface area contributed by atoms with Gasteiger partial charge in [0.2, 0.25) is 0 Å². The third kappa shape index (κ3) is 16.5. The maximum Gasteiger partial charge on any atom is 0.410 e. The van der Waals surface area contributed by atoms with E-state index in [0.717, 1.165) is 59.6 Å². The predicted molar refractivity (Wildman–Crippen MR) is 339 cm³/mol. The van der Waals surface area contributed by atoms with E-state index in [9.17, 15) is 9.59 Å². The molecule has 4 aromatic rings. The highest BCUT2D eigenvalue weighted by Gasteiger charge is 2.41. The highest BCUT2D eigenvalue weighted by atomic mass is 79.9. The average Bonchev–Trinajstić information content (AvgIpc) is 4.35. The predicted octanol–water partition coefficient (Wildman–Crippen LogP) is 15.8. The number of aromatic nitrogens is 2. The van der Waals surface area contributed by atoms with Crippen LogP contribution in [0.25, 0.3) is 11.1 Å². The second-order valence-electron chi connectivity index (χ2n) is 26.2. The van der Waals surface area contributed by atoms with Gasteiger partial charge in [0.1, 0.15) is 35.9 Å². The van der Waals surface area contributed by atoms with Gasteiger partial charge in [0.05, 0.1) is 36.4 Å². The van der Waals surface area contributed by atoms with Crippen LogP contribution in [0, 0.1) is 0 Å². The normalized spacial score (nSPS) is 24.2. The molecule has 0 radical (unpaired) electrons. The molecule has 4 bridgehead atoms. The maximum absolute atomic E-state index is 12.2. The first-order valence-corrected chi connectivity index (χ1v) is 33.7. The summed E-state index contributed by atoms with van der Waals surface area (Å²) < 4.78 is 25.3. The zero-order chi connectivity index (χ0) is 58.0. The molecule has 13 nitrogen and oxygen atoms in total. The van der Waals surface area contributed by atoms with Crippen LogP contribution in [-0.2, 0) is 9.47 Å². The van der Waals surface area contributed by atoms with Crippen molar-refractivity contribution >= 4 is 64.5 Å². The van der Waals surface area contributed by atoms with Crippen molar-refractivity contribution in [3.8, 4) is 22.6 Å². The maximum atomic E-state index is 12.2. The van der Waals surface area contributed by atoms with E-state index in [0.29, 0.717) is 31.0 Å². The minimum atomic E-state index is -0.467. The fourth-order valence-corrected chi connectivity index (χ4v) is 18.1. The van der Waals surface area contributed by atoms with Gasteiger partial charge in [0.25, 0.3) is 0 Å². The highest BCUT2D eigenvalue weighted by Crippen LogP contribution is 2.56. The lowest BCUT2D eigenvalue weighted by atomic mass is 9.99. The summed E-state index contributed by atoms with van der Waals surface area (Å²) in [5.41, 5.74) is 6.40. The number of fused-ring (bicyclic) bond motifs is 4. The molecule has 2 amide bonds. The van der Waals surface area contributed by atoms with Crippen LogP contribution in [0.4, 0.5) is 21.0 Å². The molecule has 448 valence electrons. The van der Waals surface area contributed by atoms with E-state index in [1.54, 1.807) is 33.7 Å². The number of amides is 2. The smallest absolute Gasteiger partial charge is 0.410 e. The average molecular weight is 1230 g/mol. The highest BCUT2D eigenvalue weighted by molar-refractivity contribution is 9.10. The molecule has 8 aliphatic rings. The SMILES string of the molecule is CC(C)(C)OC(=O)N1CC[C@H]1COc1cncc(Br)c1.CC(C)(C)OC(=O)N1CC[C@H]1COc1cncc(N2C3CCC2CC3)c1.CN(C)c1ccccc1-c1ccccc1P(C1CCCCC1)C1CCCCC1.ClN1C2CCC1CC2. The van der Waals surface area contributed by atoms with Gasteiger partial charge in [-0.3, -0.25) is 9.97 Å². The number of pyridine rings is 2. The van der Waals surface area contributed by atoms with Crippen LogP contribution in [0.5, 0.6) is 11.5 Å². The van der Waals surface area contributed by atoms with Gasteiger partial charge in [-0.05, 0) is 193 Å². The molecule has 0 N–H and O–H groups in total. The van der Waals surface area contributed by atoms with Crippen LogP contribution >= 0.6 is 35.6 Å². The second-order valence-corrected chi connectivity index (χ2v) is 30.2. The van der Waals surface area contributed by atoms with Gasteiger partial charge in [-0.25, -0.2) is 14.0 Å². The lowest BCUT2D eigenvalue weighted by molar-refractivity contribution is -0.0149. The van der Waals surface area contributed by atoms with Gasteiger partial charge >= 0.3 is 12.2 Å². The molecule has 8 heterocycles. The van der Waals surface area contributed by atoms with Crippen LogP contribution < -0.4 is 24.6 Å². The molecule has 2 aliphatic carbocycles. The number of para-hydroxylation sites is 1. The molecule has 16 heteroatoms. The van der Waals surface area contributed by atoms with Gasteiger partial charge in [0.15, 0.2) is 0 Å². The Morgan fingerprint density at radius 2 is 1.04 bits per heavy atom. The number of hydrogen-bond acceptors (Lipinski definition) is 11. The zero-order valence-electron chi connectivity index (χ0n) is 50.5. The first-order valence-electron chi connectivity index (χ1n) is 31.1. The van der Waals surface area contributed by atoms with Gasteiger partial charge in [-0.1, -0.05) is 88.9 Å². The minimum absolute atomic E-state index is 0.0730. The number of anilines is 2. The van der Waals surface area contributed by atoms with Crippen LogP contribution in [-0.4, -0.2) is 136 Å². The molecule has 12 rings (SSSR count). The van der Waals surface area contributed by atoms with Crippen molar-refractivity contribution < 1.29 is 28.5 Å². The number of hydrogen-bond donors (Lipinski definition) is 0. The summed E-state index contributed by atoms with van der Waals surface area (Å²) in [4.78, 5) is 40.8. The summed E-state index contributed by atoms with van der Waals surface area (Å²) in [6, 6.07) is 25.4. The number of carbonyl (C=O) groups excluding carboxylic acids is 2. The topological polar surface area (TPSA) is 113 Å². The summed E-state index contributed by atoms with van der Waals surface area (Å²) in [5, 5.41) is 1.70. The van der Waals surface area contributed by atoms with Gasteiger partial charge in [0, 0.05) is 79.3 Å². The fourth-order valence-electron chi connectivity index (χ4n) is 13.4. The van der Waals surface area contributed by atoms with Crippen molar-refractivity contribution in [3.05, 3.63) is 89.9 Å². The number of likely N-dealkylation sites (tertiary alicyclic amines) is 2. The van der Waals surface area contributed by atoms with E-state index in [4.69, 9.17) is 30.7 Å². The van der Waals surface area contributed by atoms with E-state index in [-0.39, 0.29) is 32.2 Å². The van der Waals surface area contributed by atoms with Crippen molar-refractivity contribution in [2.75, 3.05) is 50.2 Å². The molecule has 82 heavy (non-hydrogen) atoms. The number of halogens is 2. The first-order chi connectivity index (χ1) is 39.4. The quantitative estimate of drug-likeness (QED) is 0.0998. The molecule has 0 unspecified atom stereocenters. The Bertz CT molecular complexity index is 2640. The molecule has 2 aromatic carbocycles. The van der Waals surface area contributed by atoms with Crippen LogP contribution in [0.15, 0.2) is 89.9 Å². The first kappa shape index (κ1) is 62.2. The van der Waals surface area contributed by atoms with Crippen LogP contribution in [0.2, 0.25) is 0 Å². The minimum Gasteiger partial charge on any atom is -0.490 e. The third-order valence-corrected chi connectivity index (χ3v) is 22.3. The summed E-state index contributed by atoms with van der Waals surface area (Å²) >= 11 is 9.25. The molecular formula is C66H94BrClN7O6P. The largest absolute Gasteiger partial charge is 0.490 e. The Morgan fingerprint density at radius 1 is 0.585 bits per heavy atom. The van der Waals surface area contributed by atoms with Crippen molar-refractivity contribution in [1.82, 2.24) is 24.2 Å². The third-order valence-electron chi connectivity index (χ3n) is 17.7. The lowest BCUT2D eigenvalue weighted by Crippen LogP contribution is -2.55. The molecule has 2 atom stereocenters. The van der Waals surface area contributed by atoms with E-state index >= 15 is 0 Å². The van der Waals surface area contributed by atoms with E-state index in [2.05, 4.69) is 104 Å². The van der Waals surface area contributed by atoms with Gasteiger partial charge < -0.3 is 38.5 Å². The van der Waals surface area contributed by atoms with Crippen molar-refractivity contribution in [3.63, 3.8) is 0 Å². The summed E-state index contributed by atoms with van der Waals surface area (Å²) in [6.45, 7) is 13.7. The Hall–Kier alpha value is -4.36. The van der Waals surface area contributed by atoms with Crippen molar-refractivity contribution in [2.45, 2.75) is 229 Å². The fraction of sp³-hybridized carbons (Fsp3) is 0.636. The number of rotatable bonds is 12. The lowest BCUT2D eigenvalue weighted by Gasteiger charge is -2.41. The molecule has 6 aliphatic heterocycles. The molecule has 2 saturated carbocycles. The summed E-state index contributed by atoms with van der Waals surface area (Å²) in [6.07, 6.45) is 33.5. The Morgan fingerprint density at radius 3 is 1.48 bits per heavy atom. The number of ether oxygens (including phenoxy) is 4. The van der Waals surface area contributed by atoms with Crippen molar-refractivity contribution in [2.24, 2.45) is 0 Å². The van der Waals surface area contributed by atoms with Gasteiger partial charge in [-0.15, -0.1) is 0 Å². The van der Waals surface area contributed by atoms with E-state index in [1.807, 2.05) is 58.2 Å². The molecule has 2 aromatic heterocycles. The van der Waals surface area contributed by atoms with Crippen LogP contribution in [0.3, 0.4) is 0 Å². The summed E-state index contributed by atoms with van der Waals surface area (Å²) in [5.74, 6) is 1.47. The molecule has 0 spiro atoms. The summed E-state index contributed by atoms with van der Waals surface area (Å²) in [7, 11) is 4.26.